The standard InChI is InChI=1S/C17H25N3O4/c1-16(2)8-12(9-17(3,4)10-16)18-13-6-5-11(19-15(21)22)7-14(13)20(23)24/h5-7,12,18-19H,8-10H2,1-4H3,(H,21,22). The Balaban J connectivity index is 2.25. The number of anilines is 2. The SMILES string of the molecule is CC1(C)CC(Nc2ccc(NC(=O)O)cc2[N+](=O)[O-])CC(C)(C)C1. The average molecular weight is 335 g/mol. The topological polar surface area (TPSA) is 104 Å². The van der Waals surface area contributed by atoms with Crippen molar-refractivity contribution in [2.75, 3.05) is 10.6 Å². The zero-order chi connectivity index (χ0) is 18.1. The van der Waals surface area contributed by atoms with Crippen LogP contribution >= 0.6 is 0 Å². The Kier molecular flexibility index (Phi) is 4.73. The zero-order valence-electron chi connectivity index (χ0n) is 14.5. The summed E-state index contributed by atoms with van der Waals surface area (Å²) in [5.74, 6) is 0. The summed E-state index contributed by atoms with van der Waals surface area (Å²) >= 11 is 0. The van der Waals surface area contributed by atoms with Gasteiger partial charge in [-0.1, -0.05) is 27.7 Å². The van der Waals surface area contributed by atoms with Gasteiger partial charge in [-0.3, -0.25) is 15.4 Å². The van der Waals surface area contributed by atoms with Crippen LogP contribution in [-0.4, -0.2) is 22.2 Å². The highest BCUT2D eigenvalue weighted by Crippen LogP contribution is 2.46. The second-order valence-corrected chi connectivity index (χ2v) is 8.17. The maximum absolute atomic E-state index is 11.3. The van der Waals surface area contributed by atoms with Crippen LogP contribution in [0.3, 0.4) is 0 Å². The third kappa shape index (κ3) is 4.59. The first-order valence-corrected chi connectivity index (χ1v) is 8.02. The van der Waals surface area contributed by atoms with Crippen molar-refractivity contribution in [2.24, 2.45) is 10.8 Å². The van der Waals surface area contributed by atoms with Crippen LogP contribution in [0.15, 0.2) is 18.2 Å². The number of hydrogen-bond acceptors (Lipinski definition) is 4. The molecule has 0 unspecified atom stereocenters. The Labute approximate surface area is 141 Å². The quantitative estimate of drug-likeness (QED) is 0.546. The Morgan fingerprint density at radius 3 is 2.33 bits per heavy atom. The first-order chi connectivity index (χ1) is 11.0. The first kappa shape index (κ1) is 18.0. The maximum atomic E-state index is 11.3. The minimum Gasteiger partial charge on any atom is -0.465 e. The lowest BCUT2D eigenvalue weighted by atomic mass is 9.63. The Morgan fingerprint density at radius 2 is 1.83 bits per heavy atom. The van der Waals surface area contributed by atoms with Gasteiger partial charge in [0, 0.05) is 12.1 Å². The van der Waals surface area contributed by atoms with E-state index >= 15 is 0 Å². The Morgan fingerprint density at radius 1 is 1.25 bits per heavy atom. The van der Waals surface area contributed by atoms with Gasteiger partial charge < -0.3 is 10.4 Å². The van der Waals surface area contributed by atoms with E-state index in [1.807, 2.05) is 0 Å². The minimum atomic E-state index is -1.25. The van der Waals surface area contributed by atoms with E-state index in [0.29, 0.717) is 5.69 Å². The molecule has 24 heavy (non-hydrogen) atoms. The van der Waals surface area contributed by atoms with Crippen molar-refractivity contribution in [3.05, 3.63) is 28.3 Å². The fraction of sp³-hybridized carbons (Fsp3) is 0.588. The number of nitro benzene ring substituents is 1. The smallest absolute Gasteiger partial charge is 0.409 e. The summed E-state index contributed by atoms with van der Waals surface area (Å²) in [5.41, 5.74) is 0.818. The summed E-state index contributed by atoms with van der Waals surface area (Å²) in [6.45, 7) is 8.88. The number of benzene rings is 1. The van der Waals surface area contributed by atoms with Gasteiger partial charge in [-0.2, -0.15) is 0 Å². The molecule has 7 heteroatoms. The van der Waals surface area contributed by atoms with E-state index in [1.165, 1.54) is 12.1 Å². The van der Waals surface area contributed by atoms with E-state index in [1.54, 1.807) is 6.07 Å². The molecular formula is C17H25N3O4. The van der Waals surface area contributed by atoms with Gasteiger partial charge in [0.25, 0.3) is 5.69 Å². The number of carboxylic acid groups (broad SMARTS) is 1. The second-order valence-electron chi connectivity index (χ2n) is 8.17. The molecule has 0 bridgehead atoms. The lowest BCUT2D eigenvalue weighted by Crippen LogP contribution is -2.40. The Bertz CT molecular complexity index is 639. The first-order valence-electron chi connectivity index (χ1n) is 8.02. The highest BCUT2D eigenvalue weighted by Gasteiger charge is 2.38. The number of nitrogens with zero attached hydrogens (tertiary/aromatic N) is 1. The van der Waals surface area contributed by atoms with Crippen LogP contribution in [-0.2, 0) is 0 Å². The van der Waals surface area contributed by atoms with Crippen molar-refractivity contribution in [1.29, 1.82) is 0 Å². The van der Waals surface area contributed by atoms with Gasteiger partial charge in [0.05, 0.1) is 10.6 Å². The van der Waals surface area contributed by atoms with Crippen LogP contribution in [0.2, 0.25) is 0 Å². The van der Waals surface area contributed by atoms with Crippen LogP contribution in [0.25, 0.3) is 0 Å². The fourth-order valence-corrected chi connectivity index (χ4v) is 4.17. The second kappa shape index (κ2) is 6.30. The molecule has 1 amide bonds. The molecule has 132 valence electrons. The van der Waals surface area contributed by atoms with Crippen molar-refractivity contribution >= 4 is 23.2 Å². The van der Waals surface area contributed by atoms with Crippen LogP contribution in [0.4, 0.5) is 21.9 Å². The summed E-state index contributed by atoms with van der Waals surface area (Å²) in [5, 5.41) is 25.5. The van der Waals surface area contributed by atoms with E-state index in [-0.39, 0.29) is 28.2 Å². The van der Waals surface area contributed by atoms with E-state index in [2.05, 4.69) is 38.3 Å². The number of carbonyl (C=O) groups is 1. The third-order valence-electron chi connectivity index (χ3n) is 4.36. The molecule has 1 aromatic rings. The van der Waals surface area contributed by atoms with Crippen LogP contribution in [0.1, 0.15) is 47.0 Å². The van der Waals surface area contributed by atoms with Crippen LogP contribution in [0.5, 0.6) is 0 Å². The van der Waals surface area contributed by atoms with Gasteiger partial charge in [-0.25, -0.2) is 4.79 Å². The lowest BCUT2D eigenvalue weighted by Gasteiger charge is -2.45. The van der Waals surface area contributed by atoms with Crippen LogP contribution < -0.4 is 10.6 Å². The van der Waals surface area contributed by atoms with Crippen molar-refractivity contribution in [3.63, 3.8) is 0 Å². The molecule has 0 spiro atoms. The van der Waals surface area contributed by atoms with Crippen molar-refractivity contribution in [3.8, 4) is 0 Å². The van der Waals surface area contributed by atoms with Crippen molar-refractivity contribution in [2.45, 2.75) is 53.0 Å². The molecule has 0 heterocycles. The summed E-state index contributed by atoms with van der Waals surface area (Å²) in [6.07, 6.45) is 1.73. The van der Waals surface area contributed by atoms with Gasteiger partial charge in [-0.15, -0.1) is 0 Å². The van der Waals surface area contributed by atoms with Gasteiger partial charge in [-0.05, 0) is 42.2 Å². The predicted octanol–water partition coefficient (Wildman–Crippen LogP) is 4.70. The molecule has 0 aromatic heterocycles. The van der Waals surface area contributed by atoms with E-state index in [0.717, 1.165) is 19.3 Å². The number of amides is 1. The molecule has 3 N–H and O–H groups in total. The van der Waals surface area contributed by atoms with Gasteiger partial charge >= 0.3 is 6.09 Å². The van der Waals surface area contributed by atoms with E-state index in [4.69, 9.17) is 5.11 Å². The average Bonchev–Trinajstić information content (AvgIpc) is 2.35. The number of nitro groups is 1. The summed E-state index contributed by atoms with van der Waals surface area (Å²) in [6, 6.07) is 4.48. The number of hydrogen-bond donors (Lipinski definition) is 3. The van der Waals surface area contributed by atoms with Gasteiger partial charge in [0.2, 0.25) is 0 Å². The van der Waals surface area contributed by atoms with Gasteiger partial charge in [0.1, 0.15) is 5.69 Å². The number of rotatable bonds is 4. The molecule has 7 nitrogen and oxygen atoms in total. The molecule has 0 aliphatic heterocycles. The minimum absolute atomic E-state index is 0.123. The summed E-state index contributed by atoms with van der Waals surface area (Å²) in [7, 11) is 0. The van der Waals surface area contributed by atoms with Crippen LogP contribution in [0, 0.1) is 20.9 Å². The molecule has 1 aromatic carbocycles. The molecule has 1 saturated carbocycles. The monoisotopic (exact) mass is 335 g/mol. The van der Waals surface area contributed by atoms with Crippen molar-refractivity contribution < 1.29 is 14.8 Å². The fourth-order valence-electron chi connectivity index (χ4n) is 4.17. The zero-order valence-corrected chi connectivity index (χ0v) is 14.5. The predicted molar refractivity (Wildman–Crippen MR) is 93.6 cm³/mol. The molecule has 2 rings (SSSR count). The normalized spacial score (nSPS) is 19.5. The largest absolute Gasteiger partial charge is 0.465 e. The molecular weight excluding hydrogens is 310 g/mol. The third-order valence-corrected chi connectivity index (χ3v) is 4.36. The Hall–Kier alpha value is -2.31. The highest BCUT2D eigenvalue weighted by molar-refractivity contribution is 5.84. The molecule has 1 aliphatic rings. The molecule has 0 atom stereocenters. The van der Waals surface area contributed by atoms with Crippen molar-refractivity contribution in [1.82, 2.24) is 0 Å². The molecule has 1 aliphatic carbocycles. The maximum Gasteiger partial charge on any atom is 0.409 e. The number of nitrogens with one attached hydrogen (secondary N) is 2. The molecule has 0 radical (unpaired) electrons. The lowest BCUT2D eigenvalue weighted by molar-refractivity contribution is -0.383. The highest BCUT2D eigenvalue weighted by atomic mass is 16.6. The molecule has 1 fully saturated rings. The summed E-state index contributed by atoms with van der Waals surface area (Å²) in [4.78, 5) is 21.6. The molecule has 0 saturated heterocycles. The summed E-state index contributed by atoms with van der Waals surface area (Å²) < 4.78 is 0. The van der Waals surface area contributed by atoms with E-state index in [9.17, 15) is 14.9 Å². The van der Waals surface area contributed by atoms with Gasteiger partial charge in [0.15, 0.2) is 0 Å². The van der Waals surface area contributed by atoms with E-state index < -0.39 is 11.0 Å².